The van der Waals surface area contributed by atoms with Gasteiger partial charge in [0, 0.05) is 17.4 Å². The van der Waals surface area contributed by atoms with Gasteiger partial charge in [0.1, 0.15) is 11.5 Å². The SMILES string of the molecule is Cc1oc(-c2ccccc2)nc1CCOc1ccc(C=C2SC(=O)NC2=O)c2ccccc12. The fraction of sp³-hybridized carbons (Fsp3) is 0.115. The third kappa shape index (κ3) is 4.40. The van der Waals surface area contributed by atoms with E-state index in [0.717, 1.165) is 50.9 Å². The predicted molar refractivity (Wildman–Crippen MR) is 129 cm³/mol. The highest BCUT2D eigenvalue weighted by atomic mass is 32.2. The highest BCUT2D eigenvalue weighted by molar-refractivity contribution is 8.18. The van der Waals surface area contributed by atoms with Gasteiger partial charge in [-0.1, -0.05) is 48.5 Å². The minimum absolute atomic E-state index is 0.353. The number of hydrogen-bond acceptors (Lipinski definition) is 6. The number of benzene rings is 3. The van der Waals surface area contributed by atoms with Crippen molar-refractivity contribution >= 4 is 39.8 Å². The zero-order valence-electron chi connectivity index (χ0n) is 17.8. The molecule has 0 radical (unpaired) electrons. The molecule has 1 saturated heterocycles. The summed E-state index contributed by atoms with van der Waals surface area (Å²) >= 11 is 0.909. The molecule has 0 spiro atoms. The Hall–Kier alpha value is -3.84. The molecule has 4 aromatic rings. The predicted octanol–water partition coefficient (Wildman–Crippen LogP) is 5.75. The molecule has 1 aliphatic rings. The van der Waals surface area contributed by atoms with Crippen molar-refractivity contribution in [2.75, 3.05) is 6.61 Å². The highest BCUT2D eigenvalue weighted by Crippen LogP contribution is 2.33. The first-order chi connectivity index (χ1) is 16.1. The molecule has 2 heterocycles. The first-order valence-corrected chi connectivity index (χ1v) is 11.3. The van der Waals surface area contributed by atoms with Crippen molar-refractivity contribution in [1.29, 1.82) is 0 Å². The molecule has 0 saturated carbocycles. The second-order valence-electron chi connectivity index (χ2n) is 7.54. The van der Waals surface area contributed by atoms with Crippen LogP contribution in [0, 0.1) is 6.92 Å². The van der Waals surface area contributed by atoms with Crippen LogP contribution >= 0.6 is 11.8 Å². The number of fused-ring (bicyclic) bond motifs is 1. The van der Waals surface area contributed by atoms with E-state index in [1.165, 1.54) is 0 Å². The van der Waals surface area contributed by atoms with E-state index < -0.39 is 0 Å². The van der Waals surface area contributed by atoms with Gasteiger partial charge in [-0.25, -0.2) is 4.98 Å². The second-order valence-corrected chi connectivity index (χ2v) is 8.55. The summed E-state index contributed by atoms with van der Waals surface area (Å²) < 4.78 is 12.0. The maximum Gasteiger partial charge on any atom is 0.290 e. The molecular weight excluding hydrogens is 436 g/mol. The molecule has 6 nitrogen and oxygen atoms in total. The van der Waals surface area contributed by atoms with Crippen LogP contribution in [0.2, 0.25) is 0 Å². The van der Waals surface area contributed by atoms with Crippen LogP contribution < -0.4 is 10.1 Å². The fourth-order valence-corrected chi connectivity index (χ4v) is 4.40. The van der Waals surface area contributed by atoms with Crippen molar-refractivity contribution in [3.63, 3.8) is 0 Å². The zero-order valence-corrected chi connectivity index (χ0v) is 18.6. The molecule has 0 atom stereocenters. The molecule has 0 aliphatic carbocycles. The normalized spacial score (nSPS) is 14.8. The Kier molecular flexibility index (Phi) is 5.71. The van der Waals surface area contributed by atoms with Gasteiger partial charge in [-0.3, -0.25) is 14.9 Å². The van der Waals surface area contributed by atoms with Gasteiger partial charge in [-0.15, -0.1) is 0 Å². The van der Waals surface area contributed by atoms with Gasteiger partial charge < -0.3 is 9.15 Å². The molecule has 1 aromatic heterocycles. The third-order valence-corrected chi connectivity index (χ3v) is 6.17. The summed E-state index contributed by atoms with van der Waals surface area (Å²) in [6.07, 6.45) is 2.35. The van der Waals surface area contributed by atoms with Crippen LogP contribution in [-0.4, -0.2) is 22.7 Å². The molecule has 5 rings (SSSR count). The van der Waals surface area contributed by atoms with Crippen molar-refractivity contribution in [2.24, 2.45) is 0 Å². The number of ether oxygens (including phenoxy) is 1. The second kappa shape index (κ2) is 8.96. The Labute approximate surface area is 194 Å². The number of aromatic nitrogens is 1. The average Bonchev–Trinajstić information content (AvgIpc) is 3.36. The van der Waals surface area contributed by atoms with Crippen LogP contribution in [0.15, 0.2) is 76.1 Å². The number of nitrogens with one attached hydrogen (secondary N) is 1. The minimum atomic E-state index is -0.368. The summed E-state index contributed by atoms with van der Waals surface area (Å²) in [5.41, 5.74) is 2.66. The Morgan fingerprint density at radius 3 is 2.52 bits per heavy atom. The Bertz CT molecular complexity index is 1390. The molecular formula is C26H20N2O4S. The highest BCUT2D eigenvalue weighted by Gasteiger charge is 2.25. The van der Waals surface area contributed by atoms with Crippen LogP contribution in [-0.2, 0) is 11.2 Å². The van der Waals surface area contributed by atoms with Crippen molar-refractivity contribution < 1.29 is 18.7 Å². The lowest BCUT2D eigenvalue weighted by Crippen LogP contribution is -2.17. The first kappa shape index (κ1) is 21.0. The van der Waals surface area contributed by atoms with Crippen molar-refractivity contribution in [1.82, 2.24) is 10.3 Å². The summed E-state index contributed by atoms with van der Waals surface area (Å²) in [5.74, 6) is 1.77. The van der Waals surface area contributed by atoms with Crippen molar-refractivity contribution in [2.45, 2.75) is 13.3 Å². The summed E-state index contributed by atoms with van der Waals surface area (Å²) in [4.78, 5) is 28.4. The van der Waals surface area contributed by atoms with Crippen LogP contribution in [0.1, 0.15) is 17.0 Å². The lowest BCUT2D eigenvalue weighted by molar-refractivity contribution is -0.115. The van der Waals surface area contributed by atoms with Gasteiger partial charge >= 0.3 is 0 Å². The topological polar surface area (TPSA) is 81.4 Å². The van der Waals surface area contributed by atoms with E-state index in [0.29, 0.717) is 23.8 Å². The van der Waals surface area contributed by atoms with Gasteiger partial charge in [0.15, 0.2) is 0 Å². The minimum Gasteiger partial charge on any atom is -0.493 e. The quantitative estimate of drug-likeness (QED) is 0.372. The van der Waals surface area contributed by atoms with E-state index in [-0.39, 0.29) is 11.1 Å². The molecule has 1 N–H and O–H groups in total. The molecule has 1 aliphatic heterocycles. The molecule has 3 aromatic carbocycles. The van der Waals surface area contributed by atoms with Crippen LogP contribution in [0.25, 0.3) is 28.3 Å². The van der Waals surface area contributed by atoms with Crippen LogP contribution in [0.3, 0.4) is 0 Å². The van der Waals surface area contributed by atoms with Crippen molar-refractivity contribution in [3.8, 4) is 17.2 Å². The Morgan fingerprint density at radius 2 is 1.76 bits per heavy atom. The lowest BCUT2D eigenvalue weighted by atomic mass is 10.0. The molecule has 7 heteroatoms. The van der Waals surface area contributed by atoms with E-state index in [2.05, 4.69) is 10.3 Å². The van der Waals surface area contributed by atoms with E-state index in [9.17, 15) is 9.59 Å². The van der Waals surface area contributed by atoms with Gasteiger partial charge in [0.05, 0.1) is 17.2 Å². The Balaban J connectivity index is 1.35. The van der Waals surface area contributed by atoms with E-state index in [1.54, 1.807) is 6.08 Å². The van der Waals surface area contributed by atoms with Crippen molar-refractivity contribution in [3.05, 3.63) is 88.7 Å². The average molecular weight is 457 g/mol. The lowest BCUT2D eigenvalue weighted by Gasteiger charge is -2.11. The molecule has 0 bridgehead atoms. The van der Waals surface area contributed by atoms with E-state index in [4.69, 9.17) is 9.15 Å². The van der Waals surface area contributed by atoms with Gasteiger partial charge in [-0.05, 0) is 53.9 Å². The molecule has 0 unspecified atom stereocenters. The molecule has 2 amide bonds. The maximum absolute atomic E-state index is 11.9. The van der Waals surface area contributed by atoms with Crippen LogP contribution in [0.4, 0.5) is 4.79 Å². The number of aryl methyl sites for hydroxylation is 1. The third-order valence-electron chi connectivity index (χ3n) is 5.36. The summed E-state index contributed by atoms with van der Waals surface area (Å²) in [6.45, 7) is 2.35. The van der Waals surface area contributed by atoms with E-state index in [1.807, 2.05) is 73.7 Å². The van der Waals surface area contributed by atoms with E-state index >= 15 is 0 Å². The number of carbonyl (C=O) groups is 2. The molecule has 1 fully saturated rings. The van der Waals surface area contributed by atoms with Gasteiger partial charge in [0.2, 0.25) is 5.89 Å². The van der Waals surface area contributed by atoms with Crippen LogP contribution in [0.5, 0.6) is 5.75 Å². The molecule has 33 heavy (non-hydrogen) atoms. The number of hydrogen-bond donors (Lipinski definition) is 1. The molecule has 164 valence electrons. The largest absolute Gasteiger partial charge is 0.493 e. The fourth-order valence-electron chi connectivity index (χ4n) is 3.73. The smallest absolute Gasteiger partial charge is 0.290 e. The number of thioether (sulfide) groups is 1. The standard InChI is InChI=1S/C26H20N2O4S/c1-16-21(27-25(32-16)17-7-3-2-4-8-17)13-14-31-22-12-11-18(19-9-5-6-10-20(19)22)15-23-24(29)28-26(30)33-23/h2-12,15H,13-14H2,1H3,(H,28,29,30). The Morgan fingerprint density at radius 1 is 1.00 bits per heavy atom. The first-order valence-electron chi connectivity index (χ1n) is 10.5. The number of amides is 2. The number of rotatable bonds is 6. The number of carbonyl (C=O) groups excluding carboxylic acids is 2. The number of imide groups is 1. The van der Waals surface area contributed by atoms with Gasteiger partial charge in [0.25, 0.3) is 11.1 Å². The number of oxazole rings is 1. The summed E-state index contributed by atoms with van der Waals surface area (Å²) in [5, 5.41) is 3.81. The van der Waals surface area contributed by atoms with Gasteiger partial charge in [-0.2, -0.15) is 0 Å². The monoisotopic (exact) mass is 456 g/mol. The number of nitrogens with zero attached hydrogens (tertiary/aromatic N) is 1. The summed E-state index contributed by atoms with van der Waals surface area (Å²) in [6, 6.07) is 21.4. The zero-order chi connectivity index (χ0) is 22.8. The maximum atomic E-state index is 11.9. The summed E-state index contributed by atoms with van der Waals surface area (Å²) in [7, 11) is 0.